The Morgan fingerprint density at radius 3 is 2.41 bits per heavy atom. The fourth-order valence-electron chi connectivity index (χ4n) is 2.19. The van der Waals surface area contributed by atoms with Gasteiger partial charge in [0, 0.05) is 21.2 Å². The molecule has 0 atom stereocenters. The molecule has 0 fully saturated rings. The minimum Gasteiger partial charge on any atom is -0.384 e. The molecule has 3 rings (SSSR count). The van der Waals surface area contributed by atoms with Gasteiger partial charge in [-0.15, -0.1) is 0 Å². The van der Waals surface area contributed by atoms with Crippen LogP contribution in [0.2, 0.25) is 0 Å². The van der Waals surface area contributed by atoms with Gasteiger partial charge in [-0.1, -0.05) is 44.0 Å². The average molecular weight is 353 g/mol. The predicted octanol–water partition coefficient (Wildman–Crippen LogP) is 4.85. The van der Waals surface area contributed by atoms with Crippen molar-refractivity contribution in [1.29, 1.82) is 0 Å². The summed E-state index contributed by atoms with van der Waals surface area (Å²) in [5.41, 5.74) is 5.17. The lowest BCUT2D eigenvalue weighted by atomic mass is 10.0. The topological polar surface area (TPSA) is 12.0 Å². The second-order valence-electron chi connectivity index (χ2n) is 4.21. The molecular weight excluding hydrogens is 342 g/mol. The first-order valence-electron chi connectivity index (χ1n) is 5.56. The number of benzene rings is 2. The van der Waals surface area contributed by atoms with Crippen molar-refractivity contribution in [3.8, 4) is 11.1 Å². The van der Waals surface area contributed by atoms with E-state index >= 15 is 0 Å². The highest BCUT2D eigenvalue weighted by Crippen LogP contribution is 2.32. The zero-order valence-corrected chi connectivity index (χ0v) is 12.3. The molecule has 2 aromatic carbocycles. The van der Waals surface area contributed by atoms with Crippen molar-refractivity contribution in [2.45, 2.75) is 6.42 Å². The summed E-state index contributed by atoms with van der Waals surface area (Å²) >= 11 is 7.05. The van der Waals surface area contributed by atoms with Gasteiger partial charge in [-0.25, -0.2) is 0 Å². The Kier molecular flexibility index (Phi) is 2.97. The van der Waals surface area contributed by atoms with Crippen LogP contribution in [0.5, 0.6) is 0 Å². The van der Waals surface area contributed by atoms with Crippen molar-refractivity contribution >= 4 is 37.5 Å². The van der Waals surface area contributed by atoms with Crippen LogP contribution in [0, 0.1) is 0 Å². The smallest absolute Gasteiger partial charge is 0.0379 e. The minimum atomic E-state index is 1.06. The van der Waals surface area contributed by atoms with Crippen molar-refractivity contribution in [2.24, 2.45) is 0 Å². The van der Waals surface area contributed by atoms with Crippen LogP contribution in [0.3, 0.4) is 0 Å². The van der Waals surface area contributed by atoms with Gasteiger partial charge < -0.3 is 5.32 Å². The average Bonchev–Trinajstić information content (AvgIpc) is 2.74. The molecule has 3 heteroatoms. The van der Waals surface area contributed by atoms with E-state index in [1.54, 1.807) is 0 Å². The molecular formula is C14H11Br2N. The van der Waals surface area contributed by atoms with Gasteiger partial charge in [0.25, 0.3) is 0 Å². The van der Waals surface area contributed by atoms with Crippen molar-refractivity contribution in [2.75, 3.05) is 11.9 Å². The summed E-state index contributed by atoms with van der Waals surface area (Å²) in [6.07, 6.45) is 1.14. The van der Waals surface area contributed by atoms with Crippen molar-refractivity contribution in [3.05, 3.63) is 50.9 Å². The van der Waals surface area contributed by atoms with Gasteiger partial charge in [0.2, 0.25) is 0 Å². The third-order valence-electron chi connectivity index (χ3n) is 3.02. The third kappa shape index (κ3) is 2.26. The number of nitrogens with one attached hydrogen (secondary N) is 1. The lowest BCUT2D eigenvalue weighted by Gasteiger charge is -2.07. The van der Waals surface area contributed by atoms with E-state index in [0.29, 0.717) is 0 Å². The SMILES string of the molecule is Brc1cc(Br)cc(-c2ccc3c(c2)NCC3)c1. The van der Waals surface area contributed by atoms with Gasteiger partial charge in [0.05, 0.1) is 0 Å². The molecule has 2 aromatic rings. The summed E-state index contributed by atoms with van der Waals surface area (Å²) in [7, 11) is 0. The Labute approximate surface area is 117 Å². The van der Waals surface area contributed by atoms with E-state index in [9.17, 15) is 0 Å². The molecule has 17 heavy (non-hydrogen) atoms. The largest absolute Gasteiger partial charge is 0.384 e. The molecule has 1 N–H and O–H groups in total. The van der Waals surface area contributed by atoms with Crippen LogP contribution in [0.25, 0.3) is 11.1 Å². The third-order valence-corrected chi connectivity index (χ3v) is 3.93. The summed E-state index contributed by atoms with van der Waals surface area (Å²) in [6.45, 7) is 1.06. The monoisotopic (exact) mass is 351 g/mol. The summed E-state index contributed by atoms with van der Waals surface area (Å²) in [5.74, 6) is 0. The lowest BCUT2D eigenvalue weighted by Crippen LogP contribution is -1.91. The molecule has 0 spiro atoms. The fourth-order valence-corrected chi connectivity index (χ4v) is 3.48. The summed E-state index contributed by atoms with van der Waals surface area (Å²) in [6, 6.07) is 13.0. The number of fused-ring (bicyclic) bond motifs is 1. The number of halogens is 2. The van der Waals surface area contributed by atoms with Crippen LogP contribution in [0.4, 0.5) is 5.69 Å². The van der Waals surface area contributed by atoms with Crippen molar-refractivity contribution in [1.82, 2.24) is 0 Å². The number of rotatable bonds is 1. The van der Waals surface area contributed by atoms with Gasteiger partial charge in [0.1, 0.15) is 0 Å². The van der Waals surface area contributed by atoms with Crippen LogP contribution in [0.15, 0.2) is 45.3 Å². The number of hydrogen-bond donors (Lipinski definition) is 1. The quantitative estimate of drug-likeness (QED) is 0.773. The molecule has 0 saturated heterocycles. The molecule has 0 radical (unpaired) electrons. The van der Waals surface area contributed by atoms with Crippen molar-refractivity contribution in [3.63, 3.8) is 0 Å². The van der Waals surface area contributed by atoms with Gasteiger partial charge in [0.15, 0.2) is 0 Å². The first kappa shape index (κ1) is 11.3. The predicted molar refractivity (Wildman–Crippen MR) is 79.5 cm³/mol. The molecule has 1 aliphatic heterocycles. The maximum absolute atomic E-state index is 3.53. The zero-order chi connectivity index (χ0) is 11.8. The van der Waals surface area contributed by atoms with E-state index in [4.69, 9.17) is 0 Å². The summed E-state index contributed by atoms with van der Waals surface area (Å²) in [5, 5.41) is 3.42. The molecule has 86 valence electrons. The lowest BCUT2D eigenvalue weighted by molar-refractivity contribution is 1.11. The van der Waals surface area contributed by atoms with Crippen LogP contribution >= 0.6 is 31.9 Å². The number of anilines is 1. The Balaban J connectivity index is 2.09. The first-order valence-corrected chi connectivity index (χ1v) is 7.14. The molecule has 1 aliphatic rings. The Morgan fingerprint density at radius 1 is 0.882 bits per heavy atom. The number of hydrogen-bond acceptors (Lipinski definition) is 1. The molecule has 0 aromatic heterocycles. The van der Waals surface area contributed by atoms with Gasteiger partial charge in [-0.3, -0.25) is 0 Å². The normalized spacial score (nSPS) is 13.3. The van der Waals surface area contributed by atoms with Crippen LogP contribution < -0.4 is 5.32 Å². The molecule has 0 unspecified atom stereocenters. The van der Waals surface area contributed by atoms with E-state index in [-0.39, 0.29) is 0 Å². The van der Waals surface area contributed by atoms with Gasteiger partial charge in [-0.2, -0.15) is 0 Å². The zero-order valence-electron chi connectivity index (χ0n) is 9.13. The van der Waals surface area contributed by atoms with E-state index in [1.807, 2.05) is 0 Å². The van der Waals surface area contributed by atoms with E-state index in [1.165, 1.54) is 22.4 Å². The van der Waals surface area contributed by atoms with Crippen LogP contribution in [0.1, 0.15) is 5.56 Å². The summed E-state index contributed by atoms with van der Waals surface area (Å²) in [4.78, 5) is 0. The highest BCUT2D eigenvalue weighted by atomic mass is 79.9. The maximum Gasteiger partial charge on any atom is 0.0379 e. The molecule has 1 nitrogen and oxygen atoms in total. The van der Waals surface area contributed by atoms with Crippen LogP contribution in [-0.4, -0.2) is 6.54 Å². The van der Waals surface area contributed by atoms with E-state index < -0.39 is 0 Å². The van der Waals surface area contributed by atoms with Gasteiger partial charge >= 0.3 is 0 Å². The second kappa shape index (κ2) is 4.46. The van der Waals surface area contributed by atoms with E-state index in [2.05, 4.69) is 73.6 Å². The fraction of sp³-hybridized carbons (Fsp3) is 0.143. The molecule has 0 amide bonds. The molecule has 0 saturated carbocycles. The molecule has 0 bridgehead atoms. The maximum atomic E-state index is 3.53. The van der Waals surface area contributed by atoms with E-state index in [0.717, 1.165) is 21.9 Å². The van der Waals surface area contributed by atoms with Gasteiger partial charge in [-0.05, 0) is 47.4 Å². The highest BCUT2D eigenvalue weighted by Gasteiger charge is 2.10. The van der Waals surface area contributed by atoms with Crippen LogP contribution in [-0.2, 0) is 6.42 Å². The Bertz CT molecular complexity index is 558. The first-order chi connectivity index (χ1) is 8.22. The molecule has 0 aliphatic carbocycles. The van der Waals surface area contributed by atoms with Crippen molar-refractivity contribution < 1.29 is 0 Å². The molecule has 1 heterocycles. The minimum absolute atomic E-state index is 1.06. The second-order valence-corrected chi connectivity index (χ2v) is 6.04. The standard InChI is InChI=1S/C14H11Br2N/c15-12-5-11(6-13(16)8-12)10-2-1-9-3-4-17-14(9)7-10/h1-2,5-8,17H,3-4H2. The highest BCUT2D eigenvalue weighted by molar-refractivity contribution is 9.11. The Hall–Kier alpha value is -0.800. The summed E-state index contributed by atoms with van der Waals surface area (Å²) < 4.78 is 2.19. The Morgan fingerprint density at radius 2 is 1.65 bits per heavy atom.